The molecule has 0 saturated heterocycles. The lowest BCUT2D eigenvalue weighted by molar-refractivity contribution is 0.391. The van der Waals surface area contributed by atoms with Gasteiger partial charge in [0, 0.05) is 17.1 Å². The van der Waals surface area contributed by atoms with Crippen molar-refractivity contribution in [3.05, 3.63) is 59.3 Å². The van der Waals surface area contributed by atoms with Crippen LogP contribution in [-0.4, -0.2) is 16.3 Å². The standard InChI is InChI=1S/C16H10F4N2OS/c1-24-16(21)9-6-7(2-3-10(9)17)23-15-11(18)8-4-5-22-14(8)12(19)13(15)20/h2-6,21-22H,1H3. The largest absolute Gasteiger partial charge is 0.451 e. The van der Waals surface area contributed by atoms with E-state index in [1.165, 1.54) is 12.3 Å². The number of hydrogen-bond acceptors (Lipinski definition) is 3. The van der Waals surface area contributed by atoms with E-state index in [4.69, 9.17) is 10.1 Å². The highest BCUT2D eigenvalue weighted by molar-refractivity contribution is 8.13. The topological polar surface area (TPSA) is 48.9 Å². The number of fused-ring (bicyclic) bond motifs is 1. The second-order valence-electron chi connectivity index (χ2n) is 4.81. The molecular formula is C16H10F4N2OS. The summed E-state index contributed by atoms with van der Waals surface area (Å²) in [7, 11) is 0. The lowest BCUT2D eigenvalue weighted by Crippen LogP contribution is -2.01. The number of aromatic amines is 1. The number of nitrogens with one attached hydrogen (secondary N) is 2. The maximum Gasteiger partial charge on any atom is 0.206 e. The molecule has 2 N–H and O–H groups in total. The number of rotatable bonds is 3. The number of aromatic nitrogens is 1. The van der Waals surface area contributed by atoms with Crippen molar-refractivity contribution in [3.63, 3.8) is 0 Å². The van der Waals surface area contributed by atoms with E-state index in [1.54, 1.807) is 6.26 Å². The van der Waals surface area contributed by atoms with Gasteiger partial charge in [-0.2, -0.15) is 4.39 Å². The van der Waals surface area contributed by atoms with Gasteiger partial charge in [0.25, 0.3) is 0 Å². The van der Waals surface area contributed by atoms with E-state index >= 15 is 0 Å². The Hall–Kier alpha value is -2.48. The van der Waals surface area contributed by atoms with Gasteiger partial charge in [0.05, 0.1) is 10.6 Å². The van der Waals surface area contributed by atoms with Crippen molar-refractivity contribution in [3.8, 4) is 11.5 Å². The summed E-state index contributed by atoms with van der Waals surface area (Å²) in [5.41, 5.74) is -0.384. The normalized spacial score (nSPS) is 11.0. The molecule has 0 aliphatic rings. The summed E-state index contributed by atoms with van der Waals surface area (Å²) in [6.45, 7) is 0. The van der Waals surface area contributed by atoms with Gasteiger partial charge in [-0.25, -0.2) is 13.2 Å². The van der Waals surface area contributed by atoms with Crippen molar-refractivity contribution in [1.82, 2.24) is 4.98 Å². The molecule has 2 aromatic carbocycles. The van der Waals surface area contributed by atoms with Crippen molar-refractivity contribution < 1.29 is 22.3 Å². The Morgan fingerprint density at radius 1 is 1.08 bits per heavy atom. The van der Waals surface area contributed by atoms with Gasteiger partial charge in [0.15, 0.2) is 11.6 Å². The van der Waals surface area contributed by atoms with Crippen LogP contribution < -0.4 is 4.74 Å². The van der Waals surface area contributed by atoms with Crippen molar-refractivity contribution in [2.75, 3.05) is 6.26 Å². The molecule has 3 aromatic rings. The van der Waals surface area contributed by atoms with E-state index in [1.807, 2.05) is 0 Å². The van der Waals surface area contributed by atoms with Crippen LogP contribution in [0.3, 0.4) is 0 Å². The maximum absolute atomic E-state index is 14.4. The van der Waals surface area contributed by atoms with Crippen LogP contribution in [0.2, 0.25) is 0 Å². The third-order valence-corrected chi connectivity index (χ3v) is 4.03. The number of thioether (sulfide) groups is 1. The molecule has 24 heavy (non-hydrogen) atoms. The minimum atomic E-state index is -1.49. The van der Waals surface area contributed by atoms with E-state index in [2.05, 4.69) is 4.98 Å². The summed E-state index contributed by atoms with van der Waals surface area (Å²) < 4.78 is 61.2. The summed E-state index contributed by atoms with van der Waals surface area (Å²) in [5.74, 6) is -5.55. The van der Waals surface area contributed by atoms with E-state index in [9.17, 15) is 17.6 Å². The minimum absolute atomic E-state index is 0.0776. The van der Waals surface area contributed by atoms with Gasteiger partial charge in [-0.15, -0.1) is 11.8 Å². The summed E-state index contributed by atoms with van der Waals surface area (Å²) in [6.07, 6.45) is 2.86. The lowest BCUT2D eigenvalue weighted by atomic mass is 10.2. The zero-order valence-corrected chi connectivity index (χ0v) is 13.0. The molecule has 0 saturated carbocycles. The Bertz CT molecular complexity index is 955. The average molecular weight is 354 g/mol. The molecule has 0 aliphatic carbocycles. The fraction of sp³-hybridized carbons (Fsp3) is 0.0625. The maximum atomic E-state index is 14.4. The van der Waals surface area contributed by atoms with Gasteiger partial charge in [-0.3, -0.25) is 5.41 Å². The summed E-state index contributed by atoms with van der Waals surface area (Å²) >= 11 is 0.994. The lowest BCUT2D eigenvalue weighted by Gasteiger charge is -2.11. The summed E-state index contributed by atoms with van der Waals surface area (Å²) in [4.78, 5) is 2.41. The van der Waals surface area contributed by atoms with Crippen LogP contribution in [0.25, 0.3) is 10.9 Å². The zero-order valence-electron chi connectivity index (χ0n) is 12.2. The smallest absolute Gasteiger partial charge is 0.206 e. The Kier molecular flexibility index (Phi) is 4.23. The molecule has 3 nitrogen and oxygen atoms in total. The molecule has 1 aromatic heterocycles. The van der Waals surface area contributed by atoms with E-state index in [-0.39, 0.29) is 27.3 Å². The van der Waals surface area contributed by atoms with Gasteiger partial charge < -0.3 is 9.72 Å². The van der Waals surface area contributed by atoms with Gasteiger partial charge >= 0.3 is 0 Å². The highest BCUT2D eigenvalue weighted by Gasteiger charge is 2.23. The predicted molar refractivity (Wildman–Crippen MR) is 85.0 cm³/mol. The third kappa shape index (κ3) is 2.62. The SMILES string of the molecule is CSC(=N)c1cc(Oc2c(F)c(F)c3[nH]ccc3c2F)ccc1F. The highest BCUT2D eigenvalue weighted by Crippen LogP contribution is 2.35. The van der Waals surface area contributed by atoms with Crippen LogP contribution >= 0.6 is 11.8 Å². The molecule has 0 amide bonds. The molecule has 3 rings (SSSR count). The number of hydrogen-bond donors (Lipinski definition) is 2. The van der Waals surface area contributed by atoms with Crippen LogP contribution in [0.4, 0.5) is 17.6 Å². The van der Waals surface area contributed by atoms with Crippen LogP contribution in [0.1, 0.15) is 5.56 Å². The summed E-state index contributed by atoms with van der Waals surface area (Å²) in [6, 6.07) is 4.53. The molecular weight excluding hydrogens is 344 g/mol. The predicted octanol–water partition coefficient (Wildman–Crippen LogP) is 5.20. The van der Waals surface area contributed by atoms with E-state index in [0.717, 1.165) is 30.0 Å². The van der Waals surface area contributed by atoms with Crippen LogP contribution in [0.15, 0.2) is 30.5 Å². The van der Waals surface area contributed by atoms with Crippen LogP contribution in [-0.2, 0) is 0 Å². The van der Waals surface area contributed by atoms with E-state index < -0.39 is 29.0 Å². The molecule has 0 spiro atoms. The highest BCUT2D eigenvalue weighted by atomic mass is 32.2. The van der Waals surface area contributed by atoms with Crippen LogP contribution in [0.5, 0.6) is 11.5 Å². The molecule has 0 radical (unpaired) electrons. The molecule has 8 heteroatoms. The molecule has 0 unspecified atom stereocenters. The molecule has 0 fully saturated rings. The van der Waals surface area contributed by atoms with Gasteiger partial charge in [0.1, 0.15) is 11.6 Å². The third-order valence-electron chi connectivity index (χ3n) is 3.40. The molecule has 0 atom stereocenters. The second kappa shape index (κ2) is 6.20. The Morgan fingerprint density at radius 2 is 1.83 bits per heavy atom. The summed E-state index contributed by atoms with van der Waals surface area (Å²) in [5, 5.41) is 7.42. The van der Waals surface area contributed by atoms with Crippen LogP contribution in [0, 0.1) is 28.7 Å². The number of benzene rings is 2. The molecule has 0 aliphatic heterocycles. The van der Waals surface area contributed by atoms with Crippen molar-refractivity contribution in [1.29, 1.82) is 5.41 Å². The Labute approximate surface area is 138 Å². The number of ether oxygens (including phenoxy) is 1. The van der Waals surface area contributed by atoms with Gasteiger partial charge in [-0.05, 0) is 30.5 Å². The van der Waals surface area contributed by atoms with Gasteiger partial charge in [0.2, 0.25) is 11.6 Å². The minimum Gasteiger partial charge on any atom is -0.451 e. The van der Waals surface area contributed by atoms with Gasteiger partial charge in [-0.1, -0.05) is 0 Å². The number of H-pyrrole nitrogens is 1. The first-order valence-corrected chi connectivity index (χ1v) is 7.90. The molecule has 0 bridgehead atoms. The van der Waals surface area contributed by atoms with E-state index in [0.29, 0.717) is 0 Å². The molecule has 124 valence electrons. The fourth-order valence-electron chi connectivity index (χ4n) is 2.22. The van der Waals surface area contributed by atoms with Crippen molar-refractivity contribution in [2.45, 2.75) is 0 Å². The zero-order chi connectivity index (χ0) is 17.4. The monoisotopic (exact) mass is 354 g/mol. The second-order valence-corrected chi connectivity index (χ2v) is 5.63. The fourth-order valence-corrected chi connectivity index (χ4v) is 2.60. The first-order chi connectivity index (χ1) is 11.4. The molecule has 1 heterocycles. The Balaban J connectivity index is 2.09. The first-order valence-electron chi connectivity index (χ1n) is 6.68. The van der Waals surface area contributed by atoms with Crippen molar-refractivity contribution in [2.24, 2.45) is 0 Å². The van der Waals surface area contributed by atoms with Crippen molar-refractivity contribution >= 4 is 27.7 Å². The first kappa shape index (κ1) is 16.4. The number of halogens is 4. The Morgan fingerprint density at radius 3 is 2.54 bits per heavy atom. The average Bonchev–Trinajstić information content (AvgIpc) is 3.07. The quantitative estimate of drug-likeness (QED) is 0.294.